The molecule has 0 unspecified atom stereocenters. The van der Waals surface area contributed by atoms with Crippen LogP contribution >= 0.6 is 0 Å². The molecule has 1 fully saturated rings. The van der Waals surface area contributed by atoms with Gasteiger partial charge < -0.3 is 10.0 Å². The molecule has 0 saturated carbocycles. The summed E-state index contributed by atoms with van der Waals surface area (Å²) in [4.78, 5) is 2.53. The molecule has 0 radical (unpaired) electrons. The monoisotopic (exact) mass is 274 g/mol. The zero-order valence-electron chi connectivity index (χ0n) is 12.2. The molecule has 3 heterocycles. The lowest BCUT2D eigenvalue weighted by Gasteiger charge is -2.34. The number of likely N-dealkylation sites (tertiary alicyclic amines) is 1. The predicted octanol–water partition coefficient (Wildman–Crippen LogP) is 2.10. The number of nitrogens with zero attached hydrogens (tertiary/aromatic N) is 4. The predicted molar refractivity (Wildman–Crippen MR) is 77.8 cm³/mol. The second-order valence-corrected chi connectivity index (χ2v) is 6.01. The number of piperidine rings is 1. The van der Waals surface area contributed by atoms with Gasteiger partial charge in [-0.3, -0.25) is 4.40 Å². The smallest absolute Gasteiger partial charge is 0.161 e. The molecule has 1 aliphatic heterocycles. The molecule has 108 valence electrons. The third kappa shape index (κ3) is 2.63. The van der Waals surface area contributed by atoms with Gasteiger partial charge in [-0.25, -0.2) is 0 Å². The summed E-state index contributed by atoms with van der Waals surface area (Å²) in [6.45, 7) is 6.86. The molecule has 2 aromatic rings. The highest BCUT2D eigenvalue weighted by atomic mass is 16.3. The number of aromatic nitrogens is 3. The Morgan fingerprint density at radius 3 is 2.70 bits per heavy atom. The molecule has 2 aromatic heterocycles. The molecule has 5 heteroatoms. The molecule has 0 amide bonds. The summed E-state index contributed by atoms with van der Waals surface area (Å²) in [6.07, 6.45) is 5.07. The van der Waals surface area contributed by atoms with E-state index < -0.39 is 0 Å². The van der Waals surface area contributed by atoms with Crippen LogP contribution in [0.3, 0.4) is 0 Å². The maximum atomic E-state index is 9.59. The lowest BCUT2D eigenvalue weighted by molar-refractivity contribution is 0.148. The van der Waals surface area contributed by atoms with Crippen molar-refractivity contribution in [2.24, 2.45) is 5.92 Å². The largest absolute Gasteiger partial charge is 0.506 e. The van der Waals surface area contributed by atoms with Crippen molar-refractivity contribution in [1.82, 2.24) is 19.5 Å². The van der Waals surface area contributed by atoms with E-state index in [1.54, 1.807) is 18.3 Å². The summed E-state index contributed by atoms with van der Waals surface area (Å²) < 4.78 is 1.91. The SMILES string of the molecule is CC(C)N1CCC(Cc2nnc3ccc(O)cn23)CC1. The fourth-order valence-corrected chi connectivity index (χ4v) is 3.00. The van der Waals surface area contributed by atoms with Crippen molar-refractivity contribution < 1.29 is 5.11 Å². The zero-order valence-corrected chi connectivity index (χ0v) is 12.2. The maximum absolute atomic E-state index is 9.59. The highest BCUT2D eigenvalue weighted by molar-refractivity contribution is 5.41. The van der Waals surface area contributed by atoms with Crippen LogP contribution in [-0.2, 0) is 6.42 Å². The van der Waals surface area contributed by atoms with Crippen LogP contribution in [0, 0.1) is 5.92 Å². The van der Waals surface area contributed by atoms with Crippen LogP contribution in [0.15, 0.2) is 18.3 Å². The highest BCUT2D eigenvalue weighted by Gasteiger charge is 2.22. The van der Waals surface area contributed by atoms with Crippen molar-refractivity contribution in [3.8, 4) is 5.75 Å². The molecule has 1 aliphatic rings. The van der Waals surface area contributed by atoms with E-state index in [1.165, 1.54) is 25.9 Å². The fraction of sp³-hybridized carbons (Fsp3) is 0.600. The number of pyridine rings is 1. The van der Waals surface area contributed by atoms with E-state index in [2.05, 4.69) is 28.9 Å². The Morgan fingerprint density at radius 2 is 2.00 bits per heavy atom. The fourth-order valence-electron chi connectivity index (χ4n) is 3.00. The minimum atomic E-state index is 0.258. The zero-order chi connectivity index (χ0) is 14.1. The molecular weight excluding hydrogens is 252 g/mol. The topological polar surface area (TPSA) is 53.7 Å². The van der Waals surface area contributed by atoms with Crippen LogP contribution in [0.2, 0.25) is 0 Å². The second-order valence-electron chi connectivity index (χ2n) is 6.01. The van der Waals surface area contributed by atoms with Crippen LogP contribution in [0.4, 0.5) is 0 Å². The number of hydrogen-bond acceptors (Lipinski definition) is 4. The third-order valence-corrected chi connectivity index (χ3v) is 4.31. The van der Waals surface area contributed by atoms with Gasteiger partial charge >= 0.3 is 0 Å². The van der Waals surface area contributed by atoms with Crippen LogP contribution < -0.4 is 0 Å². The van der Waals surface area contributed by atoms with Crippen molar-refractivity contribution in [2.75, 3.05) is 13.1 Å². The van der Waals surface area contributed by atoms with Crippen molar-refractivity contribution >= 4 is 5.65 Å². The number of aromatic hydroxyl groups is 1. The Morgan fingerprint density at radius 1 is 1.25 bits per heavy atom. The molecule has 3 rings (SSSR count). The average molecular weight is 274 g/mol. The summed E-state index contributed by atoms with van der Waals surface area (Å²) in [5.41, 5.74) is 0.803. The lowest BCUT2D eigenvalue weighted by atomic mass is 9.92. The first-order chi connectivity index (χ1) is 9.63. The first-order valence-corrected chi connectivity index (χ1v) is 7.40. The van der Waals surface area contributed by atoms with E-state index in [1.807, 2.05) is 4.40 Å². The van der Waals surface area contributed by atoms with E-state index in [9.17, 15) is 5.11 Å². The van der Waals surface area contributed by atoms with Gasteiger partial charge in [0.25, 0.3) is 0 Å². The Hall–Kier alpha value is -1.62. The van der Waals surface area contributed by atoms with Gasteiger partial charge in [-0.1, -0.05) is 0 Å². The molecule has 0 aliphatic carbocycles. The van der Waals surface area contributed by atoms with E-state index in [4.69, 9.17) is 0 Å². The first-order valence-electron chi connectivity index (χ1n) is 7.40. The average Bonchev–Trinajstić information content (AvgIpc) is 2.82. The van der Waals surface area contributed by atoms with Crippen LogP contribution in [0.1, 0.15) is 32.5 Å². The molecule has 0 aromatic carbocycles. The second kappa shape index (κ2) is 5.40. The summed E-state index contributed by atoms with van der Waals surface area (Å²) >= 11 is 0. The van der Waals surface area contributed by atoms with Gasteiger partial charge in [0, 0.05) is 12.5 Å². The Balaban J connectivity index is 1.70. The standard InChI is InChI=1S/C15H22N4O/c1-11(2)18-7-5-12(6-8-18)9-15-17-16-14-4-3-13(20)10-19(14)15/h3-4,10-12,20H,5-9H2,1-2H3. The summed E-state index contributed by atoms with van der Waals surface area (Å²) in [5.74, 6) is 1.88. The van der Waals surface area contributed by atoms with Crippen molar-refractivity contribution in [3.63, 3.8) is 0 Å². The van der Waals surface area contributed by atoms with Gasteiger partial charge in [0.05, 0.1) is 6.20 Å². The Labute approximate surface area is 119 Å². The first kappa shape index (κ1) is 13.4. The quantitative estimate of drug-likeness (QED) is 0.931. The number of rotatable bonds is 3. The molecule has 0 bridgehead atoms. The molecule has 5 nitrogen and oxygen atoms in total. The van der Waals surface area contributed by atoms with E-state index in [-0.39, 0.29) is 5.75 Å². The lowest BCUT2D eigenvalue weighted by Crippen LogP contribution is -2.38. The van der Waals surface area contributed by atoms with Crippen molar-refractivity contribution in [1.29, 1.82) is 0 Å². The van der Waals surface area contributed by atoms with E-state index in [0.29, 0.717) is 12.0 Å². The molecule has 0 spiro atoms. The van der Waals surface area contributed by atoms with Gasteiger partial charge in [0.15, 0.2) is 5.65 Å². The minimum absolute atomic E-state index is 0.258. The van der Waals surface area contributed by atoms with Crippen LogP contribution in [-0.4, -0.2) is 43.7 Å². The maximum Gasteiger partial charge on any atom is 0.161 e. The Bertz CT molecular complexity index is 585. The molecule has 1 N–H and O–H groups in total. The Kier molecular flexibility index (Phi) is 3.61. The number of fused-ring (bicyclic) bond motifs is 1. The van der Waals surface area contributed by atoms with Gasteiger partial charge in [0.1, 0.15) is 11.6 Å². The normalized spacial score (nSPS) is 18.1. The molecule has 1 saturated heterocycles. The van der Waals surface area contributed by atoms with Crippen molar-refractivity contribution in [3.05, 3.63) is 24.2 Å². The molecule has 0 atom stereocenters. The molecular formula is C15H22N4O. The van der Waals surface area contributed by atoms with Gasteiger partial charge in [-0.05, 0) is 57.8 Å². The number of hydrogen-bond donors (Lipinski definition) is 1. The third-order valence-electron chi connectivity index (χ3n) is 4.31. The van der Waals surface area contributed by atoms with Gasteiger partial charge in [-0.2, -0.15) is 0 Å². The van der Waals surface area contributed by atoms with E-state index in [0.717, 1.165) is 17.9 Å². The van der Waals surface area contributed by atoms with Crippen LogP contribution in [0.25, 0.3) is 5.65 Å². The highest BCUT2D eigenvalue weighted by Crippen LogP contribution is 2.23. The summed E-state index contributed by atoms with van der Waals surface area (Å²) in [5, 5.41) is 18.0. The van der Waals surface area contributed by atoms with Gasteiger partial charge in [0.2, 0.25) is 0 Å². The minimum Gasteiger partial charge on any atom is -0.506 e. The molecule has 20 heavy (non-hydrogen) atoms. The van der Waals surface area contributed by atoms with Crippen molar-refractivity contribution in [2.45, 2.75) is 39.2 Å². The summed E-state index contributed by atoms with van der Waals surface area (Å²) in [6, 6.07) is 4.09. The van der Waals surface area contributed by atoms with Gasteiger partial charge in [-0.15, -0.1) is 10.2 Å². The van der Waals surface area contributed by atoms with E-state index >= 15 is 0 Å². The van der Waals surface area contributed by atoms with Crippen LogP contribution in [0.5, 0.6) is 5.75 Å². The summed E-state index contributed by atoms with van der Waals surface area (Å²) in [7, 11) is 0.